The van der Waals surface area contributed by atoms with E-state index < -0.39 is 90.1 Å². The molecule has 1 amide bonds. The quantitative estimate of drug-likeness (QED) is 0.188. The molecule has 3 aromatic rings. The van der Waals surface area contributed by atoms with Crippen molar-refractivity contribution in [3.63, 3.8) is 0 Å². The Morgan fingerprint density at radius 2 is 1.48 bits per heavy atom. The third kappa shape index (κ3) is 9.15. The molecule has 1 aromatic heterocycles. The summed E-state index contributed by atoms with van der Waals surface area (Å²) in [5, 5.41) is 18.5. The third-order valence-corrected chi connectivity index (χ3v) is 8.25. The number of nitrogens with zero attached hydrogens (tertiary/aromatic N) is 4. The van der Waals surface area contributed by atoms with Crippen LogP contribution in [0.15, 0.2) is 48.8 Å². The normalized spacial score (nSPS) is 16.7. The molecule has 2 heterocycles. The number of aromatic nitrogens is 2. The van der Waals surface area contributed by atoms with Crippen LogP contribution in [0.3, 0.4) is 0 Å². The van der Waals surface area contributed by atoms with Gasteiger partial charge in [-0.25, -0.2) is 14.8 Å². The number of hydrogen-bond acceptors (Lipinski definition) is 8. The minimum atomic E-state index is -5.20. The molecule has 2 N–H and O–H groups in total. The molecule has 2 aromatic carbocycles. The maximum Gasteiger partial charge on any atom is 0.416 e. The van der Waals surface area contributed by atoms with Crippen molar-refractivity contribution < 1.29 is 68.8 Å². The number of benzene rings is 2. The highest BCUT2D eigenvalue weighted by Crippen LogP contribution is 2.46. The van der Waals surface area contributed by atoms with E-state index in [0.717, 1.165) is 28.3 Å². The largest absolute Gasteiger partial charge is 0.488 e. The van der Waals surface area contributed by atoms with Crippen molar-refractivity contribution in [1.82, 2.24) is 9.97 Å². The number of fused-ring (bicyclic) bond motifs is 1. The predicted molar refractivity (Wildman–Crippen MR) is 165 cm³/mol. The van der Waals surface area contributed by atoms with Crippen LogP contribution < -0.4 is 14.5 Å². The fraction of sp³-hybridized carbons (Fsp3) is 0.455. The fourth-order valence-electron chi connectivity index (χ4n) is 5.49. The van der Waals surface area contributed by atoms with Crippen molar-refractivity contribution in [2.24, 2.45) is 5.41 Å². The smallest absolute Gasteiger partial charge is 0.416 e. The van der Waals surface area contributed by atoms with Gasteiger partial charge in [-0.15, -0.1) is 0 Å². The Morgan fingerprint density at radius 3 is 1.98 bits per heavy atom. The van der Waals surface area contributed by atoms with Crippen LogP contribution in [0.5, 0.6) is 5.75 Å². The molecule has 0 saturated heterocycles. The molecule has 284 valence electrons. The fourth-order valence-corrected chi connectivity index (χ4v) is 5.49. The number of aliphatic carboxylic acids is 1. The lowest BCUT2D eigenvalue weighted by Gasteiger charge is -2.44. The Hall–Kier alpha value is -4.81. The van der Waals surface area contributed by atoms with Crippen molar-refractivity contribution >= 4 is 23.7 Å². The van der Waals surface area contributed by atoms with Crippen LogP contribution >= 0.6 is 0 Å². The number of rotatable bonds is 11. The lowest BCUT2D eigenvalue weighted by atomic mass is 9.87. The minimum Gasteiger partial charge on any atom is -0.488 e. The number of alkyl halides is 9. The maximum absolute atomic E-state index is 14.1. The maximum atomic E-state index is 14.1. The van der Waals surface area contributed by atoms with Crippen LogP contribution in [0.4, 0.5) is 55.9 Å². The van der Waals surface area contributed by atoms with Crippen molar-refractivity contribution in [3.8, 4) is 5.75 Å². The van der Waals surface area contributed by atoms with Crippen LogP contribution in [0.25, 0.3) is 0 Å². The molecule has 10 nitrogen and oxygen atoms in total. The zero-order valence-corrected chi connectivity index (χ0v) is 27.7. The number of halogens is 9. The molecule has 0 radical (unpaired) electrons. The molecule has 1 aliphatic rings. The average molecular weight is 753 g/mol. The minimum absolute atomic E-state index is 0.0178. The third-order valence-electron chi connectivity index (χ3n) is 8.25. The molecule has 1 aliphatic heterocycles. The Kier molecular flexibility index (Phi) is 11.6. The summed E-state index contributed by atoms with van der Waals surface area (Å²) in [7, 11) is 0. The number of aliphatic hydroxyl groups is 1. The number of carboxylic acid groups (broad SMARTS) is 1. The van der Waals surface area contributed by atoms with E-state index in [2.05, 4.69) is 9.97 Å². The van der Waals surface area contributed by atoms with Crippen molar-refractivity contribution in [2.45, 2.75) is 70.8 Å². The van der Waals surface area contributed by atoms with Gasteiger partial charge in [-0.1, -0.05) is 6.92 Å². The van der Waals surface area contributed by atoms with Crippen LogP contribution in [-0.2, 0) is 34.6 Å². The van der Waals surface area contributed by atoms with Gasteiger partial charge in [0, 0.05) is 12.6 Å². The summed E-state index contributed by atoms with van der Waals surface area (Å²) < 4.78 is 136. The van der Waals surface area contributed by atoms with Gasteiger partial charge in [0.25, 0.3) is 0 Å². The topological polar surface area (TPSA) is 125 Å². The molecule has 0 fully saturated rings. The molecule has 0 bridgehead atoms. The summed E-state index contributed by atoms with van der Waals surface area (Å²) in [6, 6.07) is 1.06. The number of anilines is 2. The molecular weight excluding hydrogens is 719 g/mol. The second-order valence-corrected chi connectivity index (χ2v) is 12.5. The SMILES string of the molecule is CC[C@@H]1C[C@H](N(Cc2cc(C(F)(F)F)cc(C(F)(F)F)c2)c2ncc(OCCO)cn2)c2cc(C(F)(F)F)ccc2N1C(=O)OCC(C)(C)C(=O)O. The van der Waals surface area contributed by atoms with E-state index in [9.17, 15) is 54.2 Å². The number of carbonyl (C=O) groups is 2. The number of hydrogen-bond donors (Lipinski definition) is 2. The number of aliphatic hydroxyl groups excluding tert-OH is 1. The molecule has 0 aliphatic carbocycles. The number of amides is 1. The van der Waals surface area contributed by atoms with Crippen LogP contribution in [-0.4, -0.2) is 58.1 Å². The molecule has 19 heteroatoms. The van der Waals surface area contributed by atoms with Gasteiger partial charge in [-0.2, -0.15) is 39.5 Å². The van der Waals surface area contributed by atoms with Crippen molar-refractivity contribution in [2.75, 3.05) is 29.6 Å². The summed E-state index contributed by atoms with van der Waals surface area (Å²) in [5.41, 5.74) is -6.87. The Labute approximate surface area is 290 Å². The molecule has 4 rings (SSSR count). The first kappa shape index (κ1) is 40.0. The predicted octanol–water partition coefficient (Wildman–Crippen LogP) is 7.89. The monoisotopic (exact) mass is 752 g/mol. The second kappa shape index (κ2) is 15.0. The zero-order chi connectivity index (χ0) is 38.8. The van der Waals surface area contributed by atoms with Crippen LogP contribution in [0, 0.1) is 5.41 Å². The highest BCUT2D eigenvalue weighted by Gasteiger charge is 2.43. The van der Waals surface area contributed by atoms with E-state index >= 15 is 0 Å². The standard InChI is InChI=1S/C33H33F9N4O6/c1-4-22-13-26(24-12-19(31(34,35)36)5-6-25(24)46(22)29(50)52-17-30(2,3)27(48)49)45(28-43-14-23(15-44-28)51-8-7-47)16-18-9-20(32(37,38)39)11-21(10-18)33(40,41)42/h5-6,9-12,14-15,22,26,47H,4,7-8,13,16-17H2,1-3H3,(H,48,49)/t22-,26+/m1/s1. The molecule has 2 atom stereocenters. The van der Waals surface area contributed by atoms with E-state index in [1.807, 2.05) is 0 Å². The Balaban J connectivity index is 1.92. The van der Waals surface area contributed by atoms with Gasteiger partial charge < -0.3 is 24.6 Å². The molecule has 0 unspecified atom stereocenters. The second-order valence-electron chi connectivity index (χ2n) is 12.5. The van der Waals surface area contributed by atoms with E-state index in [0.29, 0.717) is 24.3 Å². The Morgan fingerprint density at radius 1 is 0.904 bits per heavy atom. The number of carbonyl (C=O) groups excluding carboxylic acids is 1. The highest BCUT2D eigenvalue weighted by atomic mass is 19.4. The van der Waals surface area contributed by atoms with E-state index in [4.69, 9.17) is 14.6 Å². The summed E-state index contributed by atoms with van der Waals surface area (Å²) in [5.74, 6) is -1.61. The molecule has 52 heavy (non-hydrogen) atoms. The molecule has 0 saturated carbocycles. The number of carboxylic acids is 1. The molecule has 0 spiro atoms. The first-order valence-electron chi connectivity index (χ1n) is 15.6. The lowest BCUT2D eigenvalue weighted by molar-refractivity contribution is -0.149. The van der Waals surface area contributed by atoms with E-state index in [1.165, 1.54) is 13.8 Å². The van der Waals surface area contributed by atoms with Gasteiger partial charge in [0.1, 0.15) is 13.2 Å². The first-order valence-corrected chi connectivity index (χ1v) is 15.6. The lowest BCUT2D eigenvalue weighted by Crippen LogP contribution is -2.49. The summed E-state index contributed by atoms with van der Waals surface area (Å²) in [4.78, 5) is 35.6. The van der Waals surface area contributed by atoms with E-state index in [1.54, 1.807) is 6.92 Å². The van der Waals surface area contributed by atoms with Gasteiger partial charge in [-0.3, -0.25) is 9.69 Å². The highest BCUT2D eigenvalue weighted by molar-refractivity contribution is 5.91. The van der Waals surface area contributed by atoms with Crippen LogP contribution in [0.1, 0.15) is 67.5 Å². The van der Waals surface area contributed by atoms with Gasteiger partial charge in [0.15, 0.2) is 5.75 Å². The van der Waals surface area contributed by atoms with Gasteiger partial charge in [-0.05, 0) is 74.2 Å². The summed E-state index contributed by atoms with van der Waals surface area (Å²) in [6.07, 6.45) is -14.4. The van der Waals surface area contributed by atoms with Crippen LogP contribution in [0.2, 0.25) is 0 Å². The zero-order valence-electron chi connectivity index (χ0n) is 27.7. The summed E-state index contributed by atoms with van der Waals surface area (Å²) >= 11 is 0. The van der Waals surface area contributed by atoms with Crippen molar-refractivity contribution in [3.05, 3.63) is 76.6 Å². The first-order chi connectivity index (χ1) is 24.1. The Bertz CT molecular complexity index is 1720. The van der Waals surface area contributed by atoms with Gasteiger partial charge >= 0.3 is 30.6 Å². The molecular formula is C33H33F9N4O6. The van der Waals surface area contributed by atoms with Gasteiger partial charge in [0.05, 0.1) is 52.8 Å². The van der Waals surface area contributed by atoms with E-state index in [-0.39, 0.29) is 48.5 Å². The average Bonchev–Trinajstić information content (AvgIpc) is 3.06. The number of ether oxygens (including phenoxy) is 2. The van der Waals surface area contributed by atoms with Gasteiger partial charge in [0.2, 0.25) is 5.95 Å². The van der Waals surface area contributed by atoms with Crippen molar-refractivity contribution in [1.29, 1.82) is 0 Å². The summed E-state index contributed by atoms with van der Waals surface area (Å²) in [6.45, 7) is 2.22.